The van der Waals surface area contributed by atoms with Crippen LogP contribution < -0.4 is 5.32 Å². The fourth-order valence-electron chi connectivity index (χ4n) is 1.83. The zero-order valence-corrected chi connectivity index (χ0v) is 10.7. The van der Waals surface area contributed by atoms with Crippen LogP contribution in [0.15, 0.2) is 12.1 Å². The number of amides is 1. The minimum Gasteiger partial charge on any atom is -0.379 e. The summed E-state index contributed by atoms with van der Waals surface area (Å²) in [5, 5.41) is 3.00. The van der Waals surface area contributed by atoms with Crippen molar-refractivity contribution in [1.29, 1.82) is 0 Å². The van der Waals surface area contributed by atoms with Crippen molar-refractivity contribution in [1.82, 2.24) is 5.32 Å². The molecule has 1 fully saturated rings. The third-order valence-corrected chi connectivity index (χ3v) is 3.73. The molecule has 0 radical (unpaired) electrons. The molecular formula is C12H17NO3S. The number of carbonyl (C=O) groups is 1. The highest BCUT2D eigenvalue weighted by molar-refractivity contribution is 7.14. The van der Waals surface area contributed by atoms with Gasteiger partial charge in [0.15, 0.2) is 0 Å². The van der Waals surface area contributed by atoms with E-state index in [0.29, 0.717) is 13.2 Å². The molecule has 1 aromatic heterocycles. The molecular weight excluding hydrogens is 238 g/mol. The van der Waals surface area contributed by atoms with Crippen LogP contribution in [0.3, 0.4) is 0 Å². The number of hydrogen-bond acceptors (Lipinski definition) is 4. The van der Waals surface area contributed by atoms with Crippen LogP contribution in [0.1, 0.15) is 27.4 Å². The lowest BCUT2D eigenvalue weighted by molar-refractivity contribution is 0.0626. The highest BCUT2D eigenvalue weighted by atomic mass is 32.1. The van der Waals surface area contributed by atoms with Crippen molar-refractivity contribution in [2.75, 3.05) is 20.3 Å². The number of carbonyl (C=O) groups excluding carboxylic acids is 1. The molecule has 0 spiro atoms. The monoisotopic (exact) mass is 255 g/mol. The molecule has 94 valence electrons. The Labute approximate surface area is 105 Å². The smallest absolute Gasteiger partial charge is 0.261 e. The molecule has 1 unspecified atom stereocenters. The second-order valence-corrected chi connectivity index (χ2v) is 5.25. The molecule has 2 heterocycles. The van der Waals surface area contributed by atoms with Gasteiger partial charge in [0.25, 0.3) is 5.91 Å². The normalized spacial score (nSPS) is 20.2. The van der Waals surface area contributed by atoms with Gasteiger partial charge in [0, 0.05) is 18.6 Å². The predicted molar refractivity (Wildman–Crippen MR) is 66.3 cm³/mol. The van der Waals surface area contributed by atoms with Crippen molar-refractivity contribution in [3.05, 3.63) is 21.9 Å². The number of thiophene rings is 1. The lowest BCUT2D eigenvalue weighted by Gasteiger charge is -2.22. The first-order valence-corrected chi connectivity index (χ1v) is 6.57. The average Bonchev–Trinajstić information content (AvgIpc) is 2.79. The van der Waals surface area contributed by atoms with Gasteiger partial charge in [0.2, 0.25) is 0 Å². The van der Waals surface area contributed by atoms with Crippen LogP contribution in [0.25, 0.3) is 0 Å². The number of hydrogen-bond donors (Lipinski definition) is 1. The van der Waals surface area contributed by atoms with E-state index < -0.39 is 0 Å². The molecule has 1 amide bonds. The minimum atomic E-state index is -0.00662. The SMILES string of the molecule is COCc1ccc(C(=O)NC2CCCOC2)s1. The maximum atomic E-state index is 11.9. The van der Waals surface area contributed by atoms with Gasteiger partial charge in [-0.15, -0.1) is 11.3 Å². The fourth-order valence-corrected chi connectivity index (χ4v) is 2.71. The van der Waals surface area contributed by atoms with Crippen molar-refractivity contribution in [2.45, 2.75) is 25.5 Å². The third kappa shape index (κ3) is 3.52. The summed E-state index contributed by atoms with van der Waals surface area (Å²) in [6.07, 6.45) is 2.02. The van der Waals surface area contributed by atoms with E-state index in [1.807, 2.05) is 12.1 Å². The zero-order chi connectivity index (χ0) is 12.1. The van der Waals surface area contributed by atoms with Gasteiger partial charge in [-0.25, -0.2) is 0 Å². The Kier molecular flexibility index (Phi) is 4.53. The molecule has 2 rings (SSSR count). The molecule has 1 N–H and O–H groups in total. The molecule has 17 heavy (non-hydrogen) atoms. The Morgan fingerprint density at radius 3 is 3.24 bits per heavy atom. The van der Waals surface area contributed by atoms with Crippen molar-refractivity contribution in [3.8, 4) is 0 Å². The van der Waals surface area contributed by atoms with Gasteiger partial charge in [-0.05, 0) is 25.0 Å². The van der Waals surface area contributed by atoms with E-state index in [4.69, 9.17) is 9.47 Å². The van der Waals surface area contributed by atoms with Crippen molar-refractivity contribution in [2.24, 2.45) is 0 Å². The molecule has 4 nitrogen and oxygen atoms in total. The first-order valence-electron chi connectivity index (χ1n) is 5.76. The van der Waals surface area contributed by atoms with Crippen LogP contribution in [0.4, 0.5) is 0 Å². The van der Waals surface area contributed by atoms with Crippen molar-refractivity contribution in [3.63, 3.8) is 0 Å². The highest BCUT2D eigenvalue weighted by Gasteiger charge is 2.18. The summed E-state index contributed by atoms with van der Waals surface area (Å²) in [6.45, 7) is 2.00. The highest BCUT2D eigenvalue weighted by Crippen LogP contribution is 2.17. The third-order valence-electron chi connectivity index (χ3n) is 2.67. The Bertz CT molecular complexity index is 372. The Morgan fingerprint density at radius 1 is 1.65 bits per heavy atom. The molecule has 1 atom stereocenters. The summed E-state index contributed by atoms with van der Waals surface area (Å²) < 4.78 is 10.4. The molecule has 0 bridgehead atoms. The topological polar surface area (TPSA) is 47.6 Å². The molecule has 1 aliphatic heterocycles. The standard InChI is InChI=1S/C12H17NO3S/c1-15-8-10-4-5-11(17-10)12(14)13-9-3-2-6-16-7-9/h4-5,9H,2-3,6-8H2,1H3,(H,13,14). The first kappa shape index (κ1) is 12.5. The molecule has 1 aromatic rings. The lowest BCUT2D eigenvalue weighted by atomic mass is 10.1. The fraction of sp³-hybridized carbons (Fsp3) is 0.583. The summed E-state index contributed by atoms with van der Waals surface area (Å²) >= 11 is 1.48. The van der Waals surface area contributed by atoms with E-state index in [9.17, 15) is 4.79 Å². The van der Waals surface area contributed by atoms with Crippen LogP contribution in [0, 0.1) is 0 Å². The Morgan fingerprint density at radius 2 is 2.53 bits per heavy atom. The van der Waals surface area contributed by atoms with Gasteiger partial charge in [-0.2, -0.15) is 0 Å². The van der Waals surface area contributed by atoms with Crippen LogP contribution in [0.2, 0.25) is 0 Å². The van der Waals surface area contributed by atoms with Gasteiger partial charge in [-0.1, -0.05) is 0 Å². The summed E-state index contributed by atoms with van der Waals surface area (Å²) in [6, 6.07) is 3.93. The Hall–Kier alpha value is -0.910. The van der Waals surface area contributed by atoms with E-state index in [1.165, 1.54) is 11.3 Å². The quantitative estimate of drug-likeness (QED) is 0.892. The molecule has 0 saturated carbocycles. The van der Waals surface area contributed by atoms with Crippen LogP contribution in [-0.4, -0.2) is 32.3 Å². The van der Waals surface area contributed by atoms with E-state index >= 15 is 0 Å². The van der Waals surface area contributed by atoms with Crippen LogP contribution in [0.5, 0.6) is 0 Å². The predicted octanol–water partition coefficient (Wildman–Crippen LogP) is 1.80. The number of ether oxygens (including phenoxy) is 2. The summed E-state index contributed by atoms with van der Waals surface area (Å²) in [7, 11) is 1.65. The molecule has 0 aliphatic carbocycles. The van der Waals surface area contributed by atoms with Gasteiger partial charge in [0.05, 0.1) is 24.1 Å². The molecule has 1 aliphatic rings. The largest absolute Gasteiger partial charge is 0.379 e. The number of nitrogens with one attached hydrogen (secondary N) is 1. The summed E-state index contributed by atoms with van der Waals surface area (Å²) in [5.41, 5.74) is 0. The summed E-state index contributed by atoms with van der Waals surface area (Å²) in [4.78, 5) is 13.7. The number of methoxy groups -OCH3 is 1. The van der Waals surface area contributed by atoms with Crippen LogP contribution >= 0.6 is 11.3 Å². The second kappa shape index (κ2) is 6.14. The molecule has 0 aromatic carbocycles. The van der Waals surface area contributed by atoms with E-state index in [0.717, 1.165) is 29.2 Å². The lowest BCUT2D eigenvalue weighted by Crippen LogP contribution is -2.40. The maximum absolute atomic E-state index is 11.9. The average molecular weight is 255 g/mol. The van der Waals surface area contributed by atoms with E-state index in [-0.39, 0.29) is 11.9 Å². The van der Waals surface area contributed by atoms with Gasteiger partial charge < -0.3 is 14.8 Å². The molecule has 5 heteroatoms. The number of rotatable bonds is 4. The van der Waals surface area contributed by atoms with E-state index in [1.54, 1.807) is 7.11 Å². The van der Waals surface area contributed by atoms with Gasteiger partial charge in [-0.3, -0.25) is 4.79 Å². The Balaban J connectivity index is 1.89. The zero-order valence-electron chi connectivity index (χ0n) is 9.90. The van der Waals surface area contributed by atoms with Crippen LogP contribution in [-0.2, 0) is 16.1 Å². The van der Waals surface area contributed by atoms with E-state index in [2.05, 4.69) is 5.32 Å². The van der Waals surface area contributed by atoms with Gasteiger partial charge in [0.1, 0.15) is 0 Å². The molecule has 1 saturated heterocycles. The van der Waals surface area contributed by atoms with Gasteiger partial charge >= 0.3 is 0 Å². The van der Waals surface area contributed by atoms with Crippen molar-refractivity contribution < 1.29 is 14.3 Å². The second-order valence-electron chi connectivity index (χ2n) is 4.09. The van der Waals surface area contributed by atoms with Crippen molar-refractivity contribution >= 4 is 17.2 Å². The summed E-state index contributed by atoms with van der Waals surface area (Å²) in [5.74, 6) is -0.00662. The maximum Gasteiger partial charge on any atom is 0.261 e. The minimum absolute atomic E-state index is 0.00662. The first-order chi connectivity index (χ1) is 8.29.